The summed E-state index contributed by atoms with van der Waals surface area (Å²) in [5.41, 5.74) is 11.0. The zero-order valence-electron chi connectivity index (χ0n) is 19.4. The third kappa shape index (κ3) is 8.14. The minimum atomic E-state index is -0.448. The van der Waals surface area contributed by atoms with Gasteiger partial charge in [0.2, 0.25) is 5.91 Å². The van der Waals surface area contributed by atoms with Crippen molar-refractivity contribution in [2.45, 2.75) is 50.2 Å². The Bertz CT molecular complexity index is 984. The Labute approximate surface area is 215 Å². The summed E-state index contributed by atoms with van der Waals surface area (Å²) in [6.45, 7) is 1.49. The van der Waals surface area contributed by atoms with Crippen molar-refractivity contribution in [3.63, 3.8) is 0 Å². The first kappa shape index (κ1) is 27.9. The van der Waals surface area contributed by atoms with Gasteiger partial charge in [-0.3, -0.25) is 4.79 Å². The maximum absolute atomic E-state index is 12.3. The number of rotatable bonds is 11. The Morgan fingerprint density at radius 1 is 0.853 bits per heavy atom. The fourth-order valence-electron chi connectivity index (χ4n) is 4.16. The lowest BCUT2D eigenvalue weighted by atomic mass is 10.0. The van der Waals surface area contributed by atoms with Crippen LogP contribution in [-0.2, 0) is 11.3 Å². The van der Waals surface area contributed by atoms with Crippen LogP contribution in [-0.4, -0.2) is 24.5 Å². The normalized spacial score (nSPS) is 17.1. The van der Waals surface area contributed by atoms with Gasteiger partial charge in [0.25, 0.3) is 0 Å². The van der Waals surface area contributed by atoms with Crippen molar-refractivity contribution in [1.29, 1.82) is 0 Å². The van der Waals surface area contributed by atoms with Crippen molar-refractivity contribution in [3.05, 3.63) is 96.1 Å². The maximum Gasteiger partial charge on any atom is 0.237 e. The Kier molecular flexibility index (Phi) is 11.6. The van der Waals surface area contributed by atoms with E-state index in [1.807, 2.05) is 18.2 Å². The topological polar surface area (TPSA) is 67.1 Å². The number of halogens is 2. The van der Waals surface area contributed by atoms with Crippen LogP contribution in [0.4, 0.5) is 0 Å². The molecule has 34 heavy (non-hydrogen) atoms. The summed E-state index contributed by atoms with van der Waals surface area (Å²) in [4.78, 5) is 12.3. The highest BCUT2D eigenvalue weighted by Crippen LogP contribution is 2.40. The number of carbonyl (C=O) groups excluding carboxylic acids is 1. The Morgan fingerprint density at radius 2 is 1.47 bits per heavy atom. The van der Waals surface area contributed by atoms with Gasteiger partial charge in [-0.15, -0.1) is 24.8 Å². The van der Waals surface area contributed by atoms with Crippen LogP contribution in [0.5, 0.6) is 0 Å². The van der Waals surface area contributed by atoms with Crippen LogP contribution in [0.2, 0.25) is 0 Å². The maximum atomic E-state index is 12.3. The molecular weight excluding hydrogens is 465 g/mol. The summed E-state index contributed by atoms with van der Waals surface area (Å²) in [7, 11) is 0. The molecule has 1 aliphatic rings. The zero-order chi connectivity index (χ0) is 22.2. The van der Waals surface area contributed by atoms with Gasteiger partial charge in [0.1, 0.15) is 0 Å². The molecule has 1 aliphatic carbocycles. The monoisotopic (exact) mass is 499 g/mol. The fraction of sp³-hybridized carbons (Fsp3) is 0.321. The van der Waals surface area contributed by atoms with Gasteiger partial charge in [-0.2, -0.15) is 0 Å². The van der Waals surface area contributed by atoms with Crippen molar-refractivity contribution in [1.82, 2.24) is 10.6 Å². The molecule has 0 aliphatic heterocycles. The summed E-state index contributed by atoms with van der Waals surface area (Å²) < 4.78 is 0. The Balaban J connectivity index is 0.00000204. The van der Waals surface area contributed by atoms with E-state index in [9.17, 15) is 4.79 Å². The van der Waals surface area contributed by atoms with E-state index in [0.29, 0.717) is 24.9 Å². The highest BCUT2D eigenvalue weighted by molar-refractivity contribution is 5.85. The second-order valence-corrected chi connectivity index (χ2v) is 8.70. The first-order valence-electron chi connectivity index (χ1n) is 11.7. The molecule has 0 bridgehead atoms. The SMILES string of the molecule is Cl.Cl.NC(CCCCN[C@@H]1C[C@H]1c1ccccc1)C(=O)NCc1ccc(-c2ccccc2)cc1. The van der Waals surface area contributed by atoms with Crippen LogP contribution >= 0.6 is 24.8 Å². The predicted octanol–water partition coefficient (Wildman–Crippen LogP) is 5.46. The molecule has 1 saturated carbocycles. The van der Waals surface area contributed by atoms with Gasteiger partial charge in [-0.25, -0.2) is 0 Å². The lowest BCUT2D eigenvalue weighted by molar-refractivity contribution is -0.122. The second-order valence-electron chi connectivity index (χ2n) is 8.70. The first-order valence-corrected chi connectivity index (χ1v) is 11.7. The number of unbranched alkanes of at least 4 members (excludes halogenated alkanes) is 1. The summed E-state index contributed by atoms with van der Waals surface area (Å²) in [5, 5.41) is 6.60. The van der Waals surface area contributed by atoms with Gasteiger partial charge >= 0.3 is 0 Å². The van der Waals surface area contributed by atoms with Gasteiger partial charge in [0.05, 0.1) is 6.04 Å². The molecule has 1 unspecified atom stereocenters. The number of amides is 1. The van der Waals surface area contributed by atoms with Crippen LogP contribution in [0, 0.1) is 0 Å². The van der Waals surface area contributed by atoms with E-state index >= 15 is 0 Å². The van der Waals surface area contributed by atoms with Crippen molar-refractivity contribution < 1.29 is 4.79 Å². The third-order valence-corrected chi connectivity index (χ3v) is 6.23. The second kappa shape index (κ2) is 14.1. The highest BCUT2D eigenvalue weighted by atomic mass is 35.5. The lowest BCUT2D eigenvalue weighted by Crippen LogP contribution is -2.40. The molecule has 6 heteroatoms. The minimum absolute atomic E-state index is 0. The van der Waals surface area contributed by atoms with E-state index < -0.39 is 6.04 Å². The van der Waals surface area contributed by atoms with Gasteiger partial charge in [0, 0.05) is 18.5 Å². The van der Waals surface area contributed by atoms with Crippen LogP contribution in [0.25, 0.3) is 11.1 Å². The van der Waals surface area contributed by atoms with Crippen molar-refractivity contribution in [2.24, 2.45) is 5.73 Å². The molecule has 4 N–H and O–H groups in total. The molecule has 1 amide bonds. The summed E-state index contributed by atoms with van der Waals surface area (Å²) in [6.07, 6.45) is 3.93. The standard InChI is InChI=1S/C28H33N3O.2ClH/c29-26(13-7-8-18-30-27-19-25(27)24-11-5-2-6-12-24)28(32)31-20-21-14-16-23(17-15-21)22-9-3-1-4-10-22;;/h1-6,9-12,14-17,25-27,30H,7-8,13,18-20,29H2,(H,31,32);2*1H/t25-,26?,27+;;/m0../s1. The molecule has 4 rings (SSSR count). The average molecular weight is 501 g/mol. The number of hydrogen-bond acceptors (Lipinski definition) is 3. The van der Waals surface area contributed by atoms with Gasteiger partial charge in [-0.05, 0) is 48.1 Å². The van der Waals surface area contributed by atoms with Crippen LogP contribution in [0.3, 0.4) is 0 Å². The van der Waals surface area contributed by atoms with Crippen LogP contribution in [0.1, 0.15) is 42.7 Å². The van der Waals surface area contributed by atoms with E-state index in [-0.39, 0.29) is 30.7 Å². The molecular formula is C28H35Cl2N3O. The van der Waals surface area contributed by atoms with E-state index in [1.165, 1.54) is 23.1 Å². The molecule has 1 fully saturated rings. The first-order chi connectivity index (χ1) is 15.7. The van der Waals surface area contributed by atoms with Gasteiger partial charge in [0.15, 0.2) is 0 Å². The van der Waals surface area contributed by atoms with Crippen molar-refractivity contribution in [3.8, 4) is 11.1 Å². The van der Waals surface area contributed by atoms with E-state index in [0.717, 1.165) is 24.9 Å². The molecule has 3 aromatic rings. The minimum Gasteiger partial charge on any atom is -0.351 e. The molecule has 4 nitrogen and oxygen atoms in total. The Hall–Kier alpha value is -2.37. The van der Waals surface area contributed by atoms with Crippen LogP contribution in [0.15, 0.2) is 84.9 Å². The largest absolute Gasteiger partial charge is 0.351 e. The van der Waals surface area contributed by atoms with Gasteiger partial charge < -0.3 is 16.4 Å². The lowest BCUT2D eigenvalue weighted by Gasteiger charge is -2.13. The van der Waals surface area contributed by atoms with Gasteiger partial charge in [-0.1, -0.05) is 91.3 Å². The molecule has 0 aromatic heterocycles. The van der Waals surface area contributed by atoms with E-state index in [1.54, 1.807) is 0 Å². The number of carbonyl (C=O) groups is 1. The zero-order valence-corrected chi connectivity index (χ0v) is 21.0. The smallest absolute Gasteiger partial charge is 0.237 e. The molecule has 3 aromatic carbocycles. The number of benzene rings is 3. The number of hydrogen-bond donors (Lipinski definition) is 3. The van der Waals surface area contributed by atoms with Crippen LogP contribution < -0.4 is 16.4 Å². The molecule has 0 heterocycles. The Morgan fingerprint density at radius 3 is 2.15 bits per heavy atom. The average Bonchev–Trinajstić information content (AvgIpc) is 3.63. The van der Waals surface area contributed by atoms with E-state index in [2.05, 4.69) is 77.4 Å². The molecule has 0 spiro atoms. The van der Waals surface area contributed by atoms with Crippen molar-refractivity contribution in [2.75, 3.05) is 6.54 Å². The number of nitrogens with two attached hydrogens (primary N) is 1. The number of nitrogens with one attached hydrogen (secondary N) is 2. The predicted molar refractivity (Wildman–Crippen MR) is 146 cm³/mol. The molecule has 3 atom stereocenters. The molecule has 0 radical (unpaired) electrons. The highest BCUT2D eigenvalue weighted by Gasteiger charge is 2.37. The molecule has 182 valence electrons. The summed E-state index contributed by atoms with van der Waals surface area (Å²) in [5.74, 6) is 0.586. The third-order valence-electron chi connectivity index (χ3n) is 6.23. The summed E-state index contributed by atoms with van der Waals surface area (Å²) in [6, 6.07) is 29.4. The van der Waals surface area contributed by atoms with E-state index in [4.69, 9.17) is 5.73 Å². The fourth-order valence-corrected chi connectivity index (χ4v) is 4.16. The van der Waals surface area contributed by atoms with Crippen molar-refractivity contribution >= 4 is 30.7 Å². The quantitative estimate of drug-likeness (QED) is 0.307. The summed E-state index contributed by atoms with van der Waals surface area (Å²) >= 11 is 0. The molecule has 0 saturated heterocycles.